The van der Waals surface area contributed by atoms with Gasteiger partial charge in [0.05, 0.1) is 0 Å². The lowest BCUT2D eigenvalue weighted by atomic mass is 10.0. The summed E-state index contributed by atoms with van der Waals surface area (Å²) in [4.78, 5) is 19.2. The number of fused-ring (bicyclic) bond motifs is 1. The molecular formula is C18H19N3O2. The summed E-state index contributed by atoms with van der Waals surface area (Å²) in [6.45, 7) is 5.50. The van der Waals surface area contributed by atoms with E-state index in [0.717, 1.165) is 22.2 Å². The van der Waals surface area contributed by atoms with Crippen LogP contribution in [0.3, 0.4) is 0 Å². The van der Waals surface area contributed by atoms with Gasteiger partial charge < -0.3 is 9.72 Å². The summed E-state index contributed by atoms with van der Waals surface area (Å²) in [6, 6.07) is 11.6. The van der Waals surface area contributed by atoms with Crippen molar-refractivity contribution in [2.75, 3.05) is 5.32 Å². The zero-order valence-electron chi connectivity index (χ0n) is 13.4. The molecule has 1 aromatic carbocycles. The van der Waals surface area contributed by atoms with E-state index in [1.54, 1.807) is 6.20 Å². The Kier molecular flexibility index (Phi) is 3.78. The summed E-state index contributed by atoms with van der Waals surface area (Å²) >= 11 is 0. The monoisotopic (exact) mass is 309 g/mol. The Morgan fingerprint density at radius 1 is 1.13 bits per heavy atom. The van der Waals surface area contributed by atoms with Crippen LogP contribution in [0.15, 0.2) is 48.8 Å². The number of aromatic nitrogens is 2. The zero-order chi connectivity index (χ0) is 16.4. The number of anilines is 1. The van der Waals surface area contributed by atoms with Crippen molar-refractivity contribution in [3.63, 3.8) is 0 Å². The number of hydrogen-bond donors (Lipinski definition) is 2. The average molecular weight is 309 g/mol. The van der Waals surface area contributed by atoms with E-state index in [1.807, 2.05) is 63.4 Å². The van der Waals surface area contributed by atoms with Crippen LogP contribution in [0.1, 0.15) is 20.8 Å². The molecule has 0 saturated carbocycles. The van der Waals surface area contributed by atoms with Crippen LogP contribution in [0.25, 0.3) is 22.2 Å². The topological polar surface area (TPSA) is 67.0 Å². The fourth-order valence-electron chi connectivity index (χ4n) is 2.37. The summed E-state index contributed by atoms with van der Waals surface area (Å²) in [7, 11) is 0. The third-order valence-corrected chi connectivity index (χ3v) is 3.30. The number of ether oxygens (including phenoxy) is 1. The smallest absolute Gasteiger partial charge is 0.412 e. The number of carbonyl (C=O) groups excluding carboxylic acids is 1. The molecule has 2 aromatic heterocycles. The first-order chi connectivity index (χ1) is 10.9. The Morgan fingerprint density at radius 2 is 1.87 bits per heavy atom. The normalized spacial score (nSPS) is 11.4. The lowest BCUT2D eigenvalue weighted by molar-refractivity contribution is 0.0636. The Balaban J connectivity index is 1.80. The lowest BCUT2D eigenvalue weighted by Gasteiger charge is -2.19. The second kappa shape index (κ2) is 5.76. The Labute approximate surface area is 134 Å². The van der Waals surface area contributed by atoms with Gasteiger partial charge in [-0.05, 0) is 56.2 Å². The molecule has 5 nitrogen and oxygen atoms in total. The molecule has 0 aliphatic carbocycles. The predicted octanol–water partition coefficient (Wildman–Crippen LogP) is 4.58. The van der Waals surface area contributed by atoms with E-state index in [9.17, 15) is 4.79 Å². The first kappa shape index (κ1) is 15.1. The van der Waals surface area contributed by atoms with Gasteiger partial charge in [-0.25, -0.2) is 9.78 Å². The van der Waals surface area contributed by atoms with Crippen molar-refractivity contribution in [3.8, 4) is 11.1 Å². The van der Waals surface area contributed by atoms with Crippen molar-refractivity contribution in [1.82, 2.24) is 9.97 Å². The van der Waals surface area contributed by atoms with Gasteiger partial charge in [-0.2, -0.15) is 0 Å². The van der Waals surface area contributed by atoms with E-state index < -0.39 is 11.7 Å². The summed E-state index contributed by atoms with van der Waals surface area (Å²) in [6.07, 6.45) is 3.20. The number of benzene rings is 1. The van der Waals surface area contributed by atoms with Gasteiger partial charge >= 0.3 is 6.09 Å². The second-order valence-electron chi connectivity index (χ2n) is 6.30. The van der Waals surface area contributed by atoms with Crippen LogP contribution in [0.4, 0.5) is 10.5 Å². The first-order valence-corrected chi connectivity index (χ1v) is 7.45. The quantitative estimate of drug-likeness (QED) is 0.728. The highest BCUT2D eigenvalue weighted by Gasteiger charge is 2.16. The van der Waals surface area contributed by atoms with Crippen LogP contribution in [0.5, 0.6) is 0 Å². The highest BCUT2D eigenvalue weighted by Crippen LogP contribution is 2.27. The fraction of sp³-hybridized carbons (Fsp3) is 0.222. The van der Waals surface area contributed by atoms with E-state index in [4.69, 9.17) is 4.74 Å². The second-order valence-corrected chi connectivity index (χ2v) is 6.30. The highest BCUT2D eigenvalue weighted by atomic mass is 16.6. The molecule has 0 aliphatic heterocycles. The first-order valence-electron chi connectivity index (χ1n) is 7.45. The van der Waals surface area contributed by atoms with Crippen LogP contribution in [-0.4, -0.2) is 21.7 Å². The van der Waals surface area contributed by atoms with E-state index in [-0.39, 0.29) is 0 Å². The lowest BCUT2D eigenvalue weighted by Crippen LogP contribution is -2.27. The molecule has 0 unspecified atom stereocenters. The van der Waals surface area contributed by atoms with E-state index in [2.05, 4.69) is 15.3 Å². The molecule has 1 amide bonds. The predicted molar refractivity (Wildman–Crippen MR) is 91.4 cm³/mol. The van der Waals surface area contributed by atoms with Gasteiger partial charge in [-0.3, -0.25) is 5.32 Å². The van der Waals surface area contributed by atoms with Crippen molar-refractivity contribution in [2.45, 2.75) is 26.4 Å². The third kappa shape index (κ3) is 3.51. The van der Waals surface area contributed by atoms with Gasteiger partial charge in [-0.15, -0.1) is 0 Å². The van der Waals surface area contributed by atoms with Crippen molar-refractivity contribution < 1.29 is 9.53 Å². The number of carbonyl (C=O) groups is 1. The van der Waals surface area contributed by atoms with Crippen LogP contribution < -0.4 is 5.32 Å². The Bertz CT molecular complexity index is 829. The maximum absolute atomic E-state index is 11.8. The molecule has 5 heteroatoms. The SMILES string of the molecule is CC(C)(C)OC(=O)Nc1ccc(-c2ccnc3[nH]ccc23)cc1. The number of nitrogens with one attached hydrogen (secondary N) is 2. The minimum Gasteiger partial charge on any atom is -0.444 e. The maximum Gasteiger partial charge on any atom is 0.412 e. The summed E-state index contributed by atoms with van der Waals surface area (Å²) in [5.74, 6) is 0. The molecule has 118 valence electrons. The summed E-state index contributed by atoms with van der Waals surface area (Å²) in [5.41, 5.74) is 3.20. The molecule has 2 heterocycles. The summed E-state index contributed by atoms with van der Waals surface area (Å²) < 4.78 is 5.24. The molecule has 0 bridgehead atoms. The van der Waals surface area contributed by atoms with Gasteiger partial charge in [0, 0.05) is 23.5 Å². The average Bonchev–Trinajstić information content (AvgIpc) is 2.94. The fourth-order valence-corrected chi connectivity index (χ4v) is 2.37. The standard InChI is InChI=1S/C18H19N3O2/c1-18(2,3)23-17(22)21-13-6-4-12(5-7-13)14-8-10-19-16-15(14)9-11-20-16/h4-11H,1-3H3,(H,19,20)(H,21,22). The van der Waals surface area contributed by atoms with Gasteiger partial charge in [0.25, 0.3) is 0 Å². The maximum atomic E-state index is 11.8. The third-order valence-electron chi connectivity index (χ3n) is 3.30. The van der Waals surface area contributed by atoms with Gasteiger partial charge in [0.15, 0.2) is 0 Å². The number of pyridine rings is 1. The van der Waals surface area contributed by atoms with Crippen LogP contribution in [0, 0.1) is 0 Å². The van der Waals surface area contributed by atoms with Gasteiger partial charge in [0.2, 0.25) is 0 Å². The highest BCUT2D eigenvalue weighted by molar-refractivity contribution is 5.93. The summed E-state index contributed by atoms with van der Waals surface area (Å²) in [5, 5.41) is 3.80. The number of H-pyrrole nitrogens is 1. The molecule has 2 N–H and O–H groups in total. The Morgan fingerprint density at radius 3 is 2.57 bits per heavy atom. The van der Waals surface area contributed by atoms with Gasteiger partial charge in [-0.1, -0.05) is 12.1 Å². The number of nitrogens with zero attached hydrogens (tertiary/aromatic N) is 1. The molecule has 0 radical (unpaired) electrons. The van der Waals surface area contributed by atoms with E-state index in [1.165, 1.54) is 0 Å². The minimum atomic E-state index is -0.513. The van der Waals surface area contributed by atoms with Gasteiger partial charge in [0.1, 0.15) is 11.2 Å². The minimum absolute atomic E-state index is 0.456. The van der Waals surface area contributed by atoms with Crippen molar-refractivity contribution in [2.24, 2.45) is 0 Å². The zero-order valence-corrected chi connectivity index (χ0v) is 13.4. The molecule has 0 spiro atoms. The Hall–Kier alpha value is -2.82. The van der Waals surface area contributed by atoms with E-state index >= 15 is 0 Å². The molecule has 0 atom stereocenters. The molecule has 0 fully saturated rings. The largest absolute Gasteiger partial charge is 0.444 e. The molecule has 0 saturated heterocycles. The van der Waals surface area contributed by atoms with Crippen LogP contribution in [0.2, 0.25) is 0 Å². The van der Waals surface area contributed by atoms with Crippen molar-refractivity contribution >= 4 is 22.8 Å². The molecular weight excluding hydrogens is 290 g/mol. The molecule has 3 rings (SSSR count). The number of aromatic amines is 1. The number of hydrogen-bond acceptors (Lipinski definition) is 3. The van der Waals surface area contributed by atoms with Crippen molar-refractivity contribution in [3.05, 3.63) is 48.8 Å². The van der Waals surface area contributed by atoms with Crippen LogP contribution >= 0.6 is 0 Å². The molecule has 0 aliphatic rings. The number of amides is 1. The molecule has 23 heavy (non-hydrogen) atoms. The molecule has 3 aromatic rings. The van der Waals surface area contributed by atoms with Crippen LogP contribution in [-0.2, 0) is 4.74 Å². The van der Waals surface area contributed by atoms with Crippen molar-refractivity contribution in [1.29, 1.82) is 0 Å². The van der Waals surface area contributed by atoms with E-state index in [0.29, 0.717) is 5.69 Å². The number of rotatable bonds is 2.